The first-order valence-electron chi connectivity index (χ1n) is 9.37. The molecule has 1 atom stereocenters. The number of carbonyl (C=O) groups is 1. The summed E-state index contributed by atoms with van der Waals surface area (Å²) in [6.07, 6.45) is 2.85. The van der Waals surface area contributed by atoms with Crippen LogP contribution in [-0.2, 0) is 10.9 Å². The third kappa shape index (κ3) is 7.75. The molecule has 0 amide bonds. The molecule has 0 aromatic heterocycles. The second-order valence-corrected chi connectivity index (χ2v) is 6.56. The van der Waals surface area contributed by atoms with Crippen LogP contribution in [0.15, 0.2) is 18.2 Å². The molecule has 1 rings (SSSR count). The second-order valence-electron chi connectivity index (χ2n) is 6.56. The lowest BCUT2D eigenvalue weighted by atomic mass is 10.0. The van der Waals surface area contributed by atoms with Crippen LogP contribution >= 0.6 is 0 Å². The molecular formula is C20H28F4O2. The van der Waals surface area contributed by atoms with Gasteiger partial charge in [-0.15, -0.1) is 0 Å². The molecule has 26 heavy (non-hydrogen) atoms. The van der Waals surface area contributed by atoms with Crippen molar-refractivity contribution in [3.05, 3.63) is 35.1 Å². The van der Waals surface area contributed by atoms with Gasteiger partial charge in [0.1, 0.15) is 11.9 Å². The fourth-order valence-electron chi connectivity index (χ4n) is 2.83. The summed E-state index contributed by atoms with van der Waals surface area (Å²) >= 11 is 0. The number of alkyl halides is 3. The number of hydrogen-bond donors (Lipinski definition) is 0. The minimum absolute atomic E-state index is 0.435. The van der Waals surface area contributed by atoms with E-state index in [1.807, 2.05) is 6.92 Å². The molecule has 148 valence electrons. The number of ether oxygens (including phenoxy) is 1. The van der Waals surface area contributed by atoms with Crippen molar-refractivity contribution >= 4 is 5.97 Å². The monoisotopic (exact) mass is 376 g/mol. The summed E-state index contributed by atoms with van der Waals surface area (Å²) in [6, 6.07) is 1.88. The molecule has 1 unspecified atom stereocenters. The molecule has 0 aliphatic heterocycles. The third-order valence-electron chi connectivity index (χ3n) is 4.29. The van der Waals surface area contributed by atoms with Gasteiger partial charge in [-0.3, -0.25) is 0 Å². The highest BCUT2D eigenvalue weighted by Crippen LogP contribution is 2.33. The molecule has 0 fully saturated rings. The molecule has 0 heterocycles. The largest absolute Gasteiger partial charge is 0.459 e. The van der Waals surface area contributed by atoms with E-state index in [9.17, 15) is 22.4 Å². The highest BCUT2D eigenvalue weighted by atomic mass is 19.4. The number of unbranched alkanes of at least 4 members (excludes halogenated alkanes) is 5. The van der Waals surface area contributed by atoms with E-state index in [2.05, 4.69) is 6.92 Å². The van der Waals surface area contributed by atoms with E-state index >= 15 is 0 Å². The summed E-state index contributed by atoms with van der Waals surface area (Å²) in [4.78, 5) is 12.3. The van der Waals surface area contributed by atoms with Gasteiger partial charge < -0.3 is 4.74 Å². The van der Waals surface area contributed by atoms with E-state index in [0.29, 0.717) is 31.0 Å². The summed E-state index contributed by atoms with van der Waals surface area (Å²) in [5.74, 6) is -2.00. The van der Waals surface area contributed by atoms with Gasteiger partial charge in [-0.05, 0) is 43.9 Å². The smallest absolute Gasteiger partial charge is 0.417 e. The average molecular weight is 376 g/mol. The SMILES string of the molecule is CCCCCCC(CCCCC)OC(=O)c1cc(F)ccc1C(F)(F)F. The van der Waals surface area contributed by atoms with Crippen molar-refractivity contribution in [2.75, 3.05) is 0 Å². The van der Waals surface area contributed by atoms with Crippen molar-refractivity contribution in [2.24, 2.45) is 0 Å². The van der Waals surface area contributed by atoms with Crippen LogP contribution in [0.1, 0.15) is 87.6 Å². The van der Waals surface area contributed by atoms with Gasteiger partial charge in [0.25, 0.3) is 0 Å². The Morgan fingerprint density at radius 1 is 1.00 bits per heavy atom. The van der Waals surface area contributed by atoms with Gasteiger partial charge in [0.2, 0.25) is 0 Å². The lowest BCUT2D eigenvalue weighted by Gasteiger charge is -2.19. The Morgan fingerprint density at radius 2 is 1.58 bits per heavy atom. The highest BCUT2D eigenvalue weighted by Gasteiger charge is 2.36. The summed E-state index contributed by atoms with van der Waals surface area (Å²) in [5, 5.41) is 0. The zero-order valence-corrected chi connectivity index (χ0v) is 15.5. The Hall–Kier alpha value is -1.59. The Kier molecular flexibility index (Phi) is 9.66. The summed E-state index contributed by atoms with van der Waals surface area (Å²) in [5.41, 5.74) is -1.92. The molecule has 0 aliphatic carbocycles. The Balaban J connectivity index is 2.85. The molecule has 0 bridgehead atoms. The lowest BCUT2D eigenvalue weighted by molar-refractivity contribution is -0.138. The molecular weight excluding hydrogens is 348 g/mol. The molecule has 0 N–H and O–H groups in total. The van der Waals surface area contributed by atoms with E-state index in [4.69, 9.17) is 4.74 Å². The topological polar surface area (TPSA) is 26.3 Å². The van der Waals surface area contributed by atoms with Crippen LogP contribution in [0, 0.1) is 5.82 Å². The minimum atomic E-state index is -4.74. The molecule has 2 nitrogen and oxygen atoms in total. The maximum atomic E-state index is 13.4. The van der Waals surface area contributed by atoms with Crippen molar-refractivity contribution in [2.45, 2.75) is 83.9 Å². The van der Waals surface area contributed by atoms with Crippen molar-refractivity contribution in [3.63, 3.8) is 0 Å². The molecule has 0 aliphatic rings. The van der Waals surface area contributed by atoms with Gasteiger partial charge in [0.05, 0.1) is 11.1 Å². The fraction of sp³-hybridized carbons (Fsp3) is 0.650. The average Bonchev–Trinajstić information content (AvgIpc) is 2.57. The predicted octanol–water partition coefficient (Wildman–Crippen LogP) is 6.92. The zero-order chi connectivity index (χ0) is 19.6. The molecule has 0 spiro atoms. The van der Waals surface area contributed by atoms with Gasteiger partial charge >= 0.3 is 12.1 Å². The van der Waals surface area contributed by atoms with Crippen molar-refractivity contribution in [3.8, 4) is 0 Å². The molecule has 0 saturated carbocycles. The first kappa shape index (κ1) is 22.5. The highest BCUT2D eigenvalue weighted by molar-refractivity contribution is 5.91. The fourth-order valence-corrected chi connectivity index (χ4v) is 2.83. The van der Waals surface area contributed by atoms with Gasteiger partial charge in [-0.25, -0.2) is 9.18 Å². The van der Waals surface area contributed by atoms with E-state index in [0.717, 1.165) is 44.9 Å². The number of benzene rings is 1. The maximum absolute atomic E-state index is 13.4. The van der Waals surface area contributed by atoms with Crippen molar-refractivity contribution in [1.82, 2.24) is 0 Å². The standard InChI is InChI=1S/C20H28F4O2/c1-3-5-7-9-11-16(10-8-6-4-2)26-19(25)17-14-15(21)12-13-18(17)20(22,23)24/h12-14,16H,3-11H2,1-2H3. The third-order valence-corrected chi connectivity index (χ3v) is 4.29. The summed E-state index contributed by atoms with van der Waals surface area (Å²) in [6.45, 7) is 4.13. The lowest BCUT2D eigenvalue weighted by Crippen LogP contribution is -2.22. The molecule has 0 radical (unpaired) electrons. The van der Waals surface area contributed by atoms with Crippen LogP contribution in [0.25, 0.3) is 0 Å². The molecule has 1 aromatic carbocycles. The quantitative estimate of drug-likeness (QED) is 0.238. The normalized spacial score (nSPS) is 12.8. The van der Waals surface area contributed by atoms with Gasteiger partial charge in [-0.2, -0.15) is 13.2 Å². The molecule has 1 aromatic rings. The van der Waals surface area contributed by atoms with Gasteiger partial charge in [0.15, 0.2) is 0 Å². The summed E-state index contributed by atoms with van der Waals surface area (Å²) in [7, 11) is 0. The van der Waals surface area contributed by atoms with Crippen LogP contribution in [0.4, 0.5) is 17.6 Å². The van der Waals surface area contributed by atoms with Crippen LogP contribution in [0.5, 0.6) is 0 Å². The van der Waals surface area contributed by atoms with Crippen molar-refractivity contribution < 1.29 is 27.1 Å². The minimum Gasteiger partial charge on any atom is -0.459 e. The zero-order valence-electron chi connectivity index (χ0n) is 15.5. The van der Waals surface area contributed by atoms with Crippen LogP contribution in [0.3, 0.4) is 0 Å². The van der Waals surface area contributed by atoms with E-state index in [1.165, 1.54) is 0 Å². The number of halogens is 4. The molecule has 6 heteroatoms. The Morgan fingerprint density at radius 3 is 2.15 bits per heavy atom. The summed E-state index contributed by atoms with van der Waals surface area (Å²) < 4.78 is 58.0. The number of esters is 1. The van der Waals surface area contributed by atoms with Crippen LogP contribution in [-0.4, -0.2) is 12.1 Å². The van der Waals surface area contributed by atoms with Gasteiger partial charge in [-0.1, -0.05) is 46.0 Å². The second kappa shape index (κ2) is 11.2. The first-order valence-corrected chi connectivity index (χ1v) is 9.37. The number of hydrogen-bond acceptors (Lipinski definition) is 2. The predicted molar refractivity (Wildman–Crippen MR) is 93.5 cm³/mol. The van der Waals surface area contributed by atoms with E-state index < -0.39 is 35.2 Å². The van der Waals surface area contributed by atoms with E-state index in [1.54, 1.807) is 0 Å². The van der Waals surface area contributed by atoms with Crippen LogP contribution in [0.2, 0.25) is 0 Å². The number of carbonyl (C=O) groups excluding carboxylic acids is 1. The van der Waals surface area contributed by atoms with Gasteiger partial charge in [0, 0.05) is 0 Å². The van der Waals surface area contributed by atoms with E-state index in [-0.39, 0.29) is 0 Å². The number of rotatable bonds is 11. The molecule has 0 saturated heterocycles. The van der Waals surface area contributed by atoms with Crippen LogP contribution < -0.4 is 0 Å². The first-order chi connectivity index (χ1) is 12.3. The van der Waals surface area contributed by atoms with Crippen molar-refractivity contribution in [1.29, 1.82) is 0 Å². The Labute approximate surface area is 152 Å². The Bertz CT molecular complexity index is 555. The maximum Gasteiger partial charge on any atom is 0.417 e.